The number of aromatic nitrogens is 1. The van der Waals surface area contributed by atoms with E-state index < -0.39 is 0 Å². The molecule has 1 amide bonds. The Morgan fingerprint density at radius 3 is 2.71 bits per heavy atom. The van der Waals surface area contributed by atoms with Gasteiger partial charge in [-0.1, -0.05) is 25.5 Å². The van der Waals surface area contributed by atoms with Crippen molar-refractivity contribution >= 4 is 16.8 Å². The van der Waals surface area contributed by atoms with Gasteiger partial charge in [0.15, 0.2) is 0 Å². The largest absolute Gasteiger partial charge is 0.381 e. The van der Waals surface area contributed by atoms with Gasteiger partial charge in [0.1, 0.15) is 0 Å². The van der Waals surface area contributed by atoms with E-state index in [9.17, 15) is 4.79 Å². The van der Waals surface area contributed by atoms with Crippen molar-refractivity contribution in [3.63, 3.8) is 0 Å². The number of methoxy groups -OCH3 is 1. The number of hydrogen-bond donors (Lipinski definition) is 1. The number of fused-ring (bicyclic) bond motifs is 2. The van der Waals surface area contributed by atoms with E-state index in [1.807, 2.05) is 0 Å². The van der Waals surface area contributed by atoms with Crippen LogP contribution in [-0.4, -0.2) is 53.8 Å². The maximum Gasteiger partial charge on any atom is 0.224 e. The molecule has 3 aliphatic rings. The van der Waals surface area contributed by atoms with E-state index in [2.05, 4.69) is 60.0 Å². The predicted octanol–water partition coefficient (Wildman–Crippen LogP) is 5.43. The molecule has 2 aliphatic carbocycles. The van der Waals surface area contributed by atoms with Gasteiger partial charge in [-0.2, -0.15) is 0 Å². The number of carbonyl (C=O) groups excluding carboxylic acids is 1. The summed E-state index contributed by atoms with van der Waals surface area (Å²) in [6.45, 7) is 8.81. The average molecular weight is 466 g/mol. The van der Waals surface area contributed by atoms with E-state index in [0.717, 1.165) is 51.6 Å². The number of likely N-dealkylation sites (tertiary alicyclic amines) is 1. The van der Waals surface area contributed by atoms with Crippen LogP contribution in [0.15, 0.2) is 24.4 Å². The van der Waals surface area contributed by atoms with E-state index in [1.165, 1.54) is 34.9 Å². The lowest BCUT2D eigenvalue weighted by Gasteiger charge is -2.47. The number of carbonyl (C=O) groups is 1. The van der Waals surface area contributed by atoms with Crippen LogP contribution in [0, 0.1) is 5.92 Å². The summed E-state index contributed by atoms with van der Waals surface area (Å²) in [5.74, 6) is 0.783. The van der Waals surface area contributed by atoms with Gasteiger partial charge in [-0.3, -0.25) is 9.69 Å². The Bertz CT molecular complexity index is 1000. The van der Waals surface area contributed by atoms with Crippen molar-refractivity contribution in [2.75, 3.05) is 20.2 Å². The number of piperidine rings is 1. The number of amides is 1. The highest BCUT2D eigenvalue weighted by molar-refractivity contribution is 5.89. The van der Waals surface area contributed by atoms with Crippen LogP contribution in [0.5, 0.6) is 0 Å². The molecular weight excluding hydrogens is 422 g/mol. The van der Waals surface area contributed by atoms with Crippen molar-refractivity contribution in [3.8, 4) is 0 Å². The van der Waals surface area contributed by atoms with Crippen LogP contribution in [0.25, 0.3) is 10.9 Å². The quantitative estimate of drug-likeness (QED) is 0.593. The molecule has 34 heavy (non-hydrogen) atoms. The molecule has 0 bridgehead atoms. The molecule has 0 radical (unpaired) electrons. The van der Waals surface area contributed by atoms with Gasteiger partial charge in [-0.25, -0.2) is 0 Å². The number of ether oxygens (including phenoxy) is 1. The fourth-order valence-corrected chi connectivity index (χ4v) is 6.93. The first kappa shape index (κ1) is 23.9. The first-order chi connectivity index (χ1) is 16.5. The zero-order valence-corrected chi connectivity index (χ0v) is 21.6. The van der Waals surface area contributed by atoms with Crippen LogP contribution >= 0.6 is 0 Å². The van der Waals surface area contributed by atoms with Crippen LogP contribution in [0.2, 0.25) is 0 Å². The normalized spacial score (nSPS) is 29.4. The Kier molecular flexibility index (Phi) is 7.04. The predicted molar refractivity (Wildman–Crippen MR) is 138 cm³/mol. The van der Waals surface area contributed by atoms with E-state index in [-0.39, 0.29) is 11.8 Å². The molecule has 1 saturated heterocycles. The first-order valence-electron chi connectivity index (χ1n) is 13.7. The summed E-state index contributed by atoms with van der Waals surface area (Å²) in [6, 6.07) is 8.13. The number of hydrogen-bond acceptors (Lipinski definition) is 3. The number of benzene rings is 1. The molecule has 5 nitrogen and oxygen atoms in total. The lowest BCUT2D eigenvalue weighted by molar-refractivity contribution is -0.129. The van der Waals surface area contributed by atoms with Gasteiger partial charge in [0.25, 0.3) is 0 Å². The third-order valence-corrected chi connectivity index (χ3v) is 8.80. The summed E-state index contributed by atoms with van der Waals surface area (Å²) in [5, 5.41) is 4.91. The number of unbranched alkanes of at least 4 members (excludes halogenated alkanes) is 1. The van der Waals surface area contributed by atoms with Crippen LogP contribution in [0.4, 0.5) is 0 Å². The topological polar surface area (TPSA) is 46.5 Å². The van der Waals surface area contributed by atoms with Crippen molar-refractivity contribution in [3.05, 3.63) is 35.5 Å². The molecule has 1 aromatic heterocycles. The minimum Gasteiger partial charge on any atom is -0.381 e. The van der Waals surface area contributed by atoms with Crippen molar-refractivity contribution in [2.24, 2.45) is 5.92 Å². The second-order valence-corrected chi connectivity index (χ2v) is 11.3. The molecule has 1 saturated carbocycles. The fraction of sp³-hybridized carbons (Fsp3) is 0.690. The minimum atomic E-state index is 0.0715. The monoisotopic (exact) mass is 465 g/mol. The van der Waals surface area contributed by atoms with Gasteiger partial charge in [0.2, 0.25) is 5.91 Å². The van der Waals surface area contributed by atoms with Crippen LogP contribution < -0.4 is 5.32 Å². The van der Waals surface area contributed by atoms with Crippen molar-refractivity contribution in [1.29, 1.82) is 0 Å². The van der Waals surface area contributed by atoms with Gasteiger partial charge < -0.3 is 14.6 Å². The Morgan fingerprint density at radius 1 is 1.21 bits per heavy atom. The molecular formula is C29H43N3O2. The Morgan fingerprint density at radius 2 is 2.00 bits per heavy atom. The Hall–Kier alpha value is -1.85. The van der Waals surface area contributed by atoms with E-state index in [1.54, 1.807) is 7.11 Å². The SMILES string of the molecule is CCCCN1C[C@H](C(=O)NC2CCC(OC)CC2)C[C@@H]2c3cccc4c3c(cn4C(C)C)C[C@H]21. The number of nitrogens with one attached hydrogen (secondary N) is 1. The number of nitrogens with zero attached hydrogens (tertiary/aromatic N) is 2. The lowest BCUT2D eigenvalue weighted by atomic mass is 9.72. The highest BCUT2D eigenvalue weighted by Gasteiger charge is 2.43. The summed E-state index contributed by atoms with van der Waals surface area (Å²) in [7, 11) is 1.80. The summed E-state index contributed by atoms with van der Waals surface area (Å²) in [4.78, 5) is 16.2. The van der Waals surface area contributed by atoms with E-state index in [0.29, 0.717) is 30.1 Å². The minimum absolute atomic E-state index is 0.0715. The number of rotatable bonds is 7. The Labute approximate surface area is 205 Å². The second-order valence-electron chi connectivity index (χ2n) is 11.3. The van der Waals surface area contributed by atoms with Crippen LogP contribution in [0.1, 0.15) is 88.8 Å². The highest BCUT2D eigenvalue weighted by Crippen LogP contribution is 2.46. The lowest BCUT2D eigenvalue weighted by Crippen LogP contribution is -2.54. The average Bonchev–Trinajstić information content (AvgIpc) is 3.23. The first-order valence-corrected chi connectivity index (χ1v) is 13.7. The van der Waals surface area contributed by atoms with Gasteiger partial charge >= 0.3 is 0 Å². The highest BCUT2D eigenvalue weighted by atomic mass is 16.5. The molecule has 1 N–H and O–H groups in total. The van der Waals surface area contributed by atoms with Crippen molar-refractivity contribution in [1.82, 2.24) is 14.8 Å². The standard InChI is InChI=1S/C29H43N3O2/c1-5-6-14-31-17-21(29(33)30-22-10-12-23(34-4)13-11-22)15-25-24-8-7-9-26-28(24)20(16-27(25)31)18-32(26)19(2)3/h7-9,18-19,21-23,25,27H,5-6,10-17H2,1-4H3,(H,30,33)/t21-,22?,23?,25-,27-/m1/s1. The zero-order valence-electron chi connectivity index (χ0n) is 21.6. The van der Waals surface area contributed by atoms with Gasteiger partial charge in [-0.15, -0.1) is 0 Å². The second kappa shape index (κ2) is 10.0. The van der Waals surface area contributed by atoms with Gasteiger partial charge in [0, 0.05) is 54.8 Å². The van der Waals surface area contributed by atoms with E-state index in [4.69, 9.17) is 4.74 Å². The molecule has 0 unspecified atom stereocenters. The molecule has 1 aliphatic heterocycles. The van der Waals surface area contributed by atoms with Gasteiger partial charge in [0.05, 0.1) is 12.0 Å². The van der Waals surface area contributed by atoms with E-state index >= 15 is 0 Å². The molecule has 5 rings (SSSR count). The molecule has 186 valence electrons. The molecule has 2 heterocycles. The van der Waals surface area contributed by atoms with Crippen molar-refractivity contribution in [2.45, 2.75) is 102 Å². The third-order valence-electron chi connectivity index (χ3n) is 8.80. The molecule has 3 atom stereocenters. The van der Waals surface area contributed by atoms with Crippen molar-refractivity contribution < 1.29 is 9.53 Å². The summed E-state index contributed by atoms with van der Waals surface area (Å²) < 4.78 is 7.97. The molecule has 0 spiro atoms. The Balaban J connectivity index is 1.40. The third kappa shape index (κ3) is 4.42. The molecule has 1 aromatic carbocycles. The molecule has 5 heteroatoms. The van der Waals surface area contributed by atoms with Crippen LogP contribution in [-0.2, 0) is 16.0 Å². The molecule has 2 fully saturated rings. The zero-order chi connectivity index (χ0) is 23.8. The summed E-state index contributed by atoms with van der Waals surface area (Å²) >= 11 is 0. The van der Waals surface area contributed by atoms with Gasteiger partial charge in [-0.05, 0) is 82.5 Å². The maximum absolute atomic E-state index is 13.5. The summed E-state index contributed by atoms with van der Waals surface area (Å²) in [5.41, 5.74) is 4.34. The summed E-state index contributed by atoms with van der Waals surface area (Å²) in [6.07, 6.45) is 11.4. The smallest absolute Gasteiger partial charge is 0.224 e. The fourth-order valence-electron chi connectivity index (χ4n) is 6.93. The maximum atomic E-state index is 13.5. The molecule has 2 aromatic rings. The van der Waals surface area contributed by atoms with Crippen LogP contribution in [0.3, 0.4) is 0 Å².